The number of nitrogen functional groups attached to an aromatic ring is 1. The summed E-state index contributed by atoms with van der Waals surface area (Å²) in [4.78, 5) is 12.5. The molecule has 1 fully saturated rings. The van der Waals surface area contributed by atoms with E-state index in [0.29, 0.717) is 16.3 Å². The van der Waals surface area contributed by atoms with Crippen molar-refractivity contribution in [3.05, 3.63) is 46.8 Å². The molecule has 1 aliphatic rings. The van der Waals surface area contributed by atoms with E-state index in [-0.39, 0.29) is 5.91 Å². The maximum absolute atomic E-state index is 12.5. The topological polar surface area (TPSA) is 78.9 Å². The third kappa shape index (κ3) is 2.04. The Labute approximate surface area is 120 Å². The molecule has 5 heteroatoms. The van der Waals surface area contributed by atoms with Crippen LogP contribution >= 0.6 is 11.3 Å². The fraction of sp³-hybridized carbons (Fsp3) is 0.200. The number of hydrogen-bond donors (Lipinski definition) is 2. The van der Waals surface area contributed by atoms with E-state index < -0.39 is 5.41 Å². The van der Waals surface area contributed by atoms with Crippen molar-refractivity contribution < 1.29 is 4.79 Å². The van der Waals surface area contributed by atoms with Crippen molar-refractivity contribution in [2.24, 2.45) is 0 Å². The van der Waals surface area contributed by atoms with Crippen molar-refractivity contribution in [3.63, 3.8) is 0 Å². The van der Waals surface area contributed by atoms with Crippen molar-refractivity contribution in [2.75, 3.05) is 11.1 Å². The SMILES string of the molecule is N#Cc1ccsc1NC(=O)C1(c2ccc(N)cc2)CC1. The maximum Gasteiger partial charge on any atom is 0.235 e. The summed E-state index contributed by atoms with van der Waals surface area (Å²) in [6.07, 6.45) is 1.66. The highest BCUT2D eigenvalue weighted by atomic mass is 32.1. The summed E-state index contributed by atoms with van der Waals surface area (Å²) in [5.41, 5.74) is 7.41. The number of nitrogens with zero attached hydrogens (tertiary/aromatic N) is 1. The van der Waals surface area contributed by atoms with E-state index in [1.165, 1.54) is 11.3 Å². The Balaban J connectivity index is 1.84. The molecule has 0 radical (unpaired) electrons. The van der Waals surface area contributed by atoms with Crippen LogP contribution in [0.1, 0.15) is 24.0 Å². The molecule has 0 spiro atoms. The zero-order chi connectivity index (χ0) is 14.2. The Morgan fingerprint density at radius 2 is 2.00 bits per heavy atom. The van der Waals surface area contributed by atoms with Gasteiger partial charge in [-0.15, -0.1) is 11.3 Å². The van der Waals surface area contributed by atoms with Gasteiger partial charge in [0.1, 0.15) is 11.1 Å². The van der Waals surface area contributed by atoms with Crippen LogP contribution in [-0.4, -0.2) is 5.91 Å². The summed E-state index contributed by atoms with van der Waals surface area (Å²) in [6.45, 7) is 0. The summed E-state index contributed by atoms with van der Waals surface area (Å²) in [7, 11) is 0. The summed E-state index contributed by atoms with van der Waals surface area (Å²) in [5, 5.41) is 14.3. The number of rotatable bonds is 3. The summed E-state index contributed by atoms with van der Waals surface area (Å²) >= 11 is 1.37. The normalized spacial score (nSPS) is 15.3. The lowest BCUT2D eigenvalue weighted by Gasteiger charge is -2.15. The number of thiophene rings is 1. The monoisotopic (exact) mass is 283 g/mol. The van der Waals surface area contributed by atoms with E-state index in [1.807, 2.05) is 24.3 Å². The van der Waals surface area contributed by atoms with Gasteiger partial charge in [-0.05, 0) is 42.0 Å². The average Bonchev–Trinajstić information content (AvgIpc) is 3.15. The van der Waals surface area contributed by atoms with Gasteiger partial charge < -0.3 is 11.1 Å². The molecule has 0 bridgehead atoms. The molecular weight excluding hydrogens is 270 g/mol. The van der Waals surface area contributed by atoms with Gasteiger partial charge in [-0.25, -0.2) is 0 Å². The first-order chi connectivity index (χ1) is 9.65. The molecule has 0 unspecified atom stereocenters. The van der Waals surface area contributed by atoms with Crippen molar-refractivity contribution >= 4 is 27.9 Å². The lowest BCUT2D eigenvalue weighted by Crippen LogP contribution is -2.27. The van der Waals surface area contributed by atoms with Crippen LogP contribution in [0.15, 0.2) is 35.7 Å². The molecule has 0 aliphatic heterocycles. The minimum absolute atomic E-state index is 0.0405. The van der Waals surface area contributed by atoms with E-state index in [0.717, 1.165) is 18.4 Å². The van der Waals surface area contributed by atoms with E-state index in [1.54, 1.807) is 11.4 Å². The van der Waals surface area contributed by atoms with Gasteiger partial charge in [0.25, 0.3) is 0 Å². The first kappa shape index (κ1) is 12.7. The van der Waals surface area contributed by atoms with Crippen molar-refractivity contribution in [2.45, 2.75) is 18.3 Å². The quantitative estimate of drug-likeness (QED) is 0.850. The Hall–Kier alpha value is -2.32. The summed E-state index contributed by atoms with van der Waals surface area (Å²) in [6, 6.07) is 11.2. The van der Waals surface area contributed by atoms with Gasteiger partial charge in [0, 0.05) is 5.69 Å². The molecule has 1 aromatic heterocycles. The first-order valence-corrected chi connectivity index (χ1v) is 7.19. The minimum atomic E-state index is -0.454. The van der Waals surface area contributed by atoms with Crippen molar-refractivity contribution in [3.8, 4) is 6.07 Å². The summed E-state index contributed by atoms with van der Waals surface area (Å²) in [5.74, 6) is -0.0405. The lowest BCUT2D eigenvalue weighted by molar-refractivity contribution is -0.118. The molecule has 0 saturated heterocycles. The van der Waals surface area contributed by atoms with Crippen LogP contribution in [-0.2, 0) is 10.2 Å². The number of carbonyl (C=O) groups excluding carboxylic acids is 1. The highest BCUT2D eigenvalue weighted by molar-refractivity contribution is 7.14. The molecule has 1 saturated carbocycles. The van der Waals surface area contributed by atoms with Crippen LogP contribution < -0.4 is 11.1 Å². The maximum atomic E-state index is 12.5. The van der Waals surface area contributed by atoms with E-state index >= 15 is 0 Å². The Kier molecular flexibility index (Phi) is 2.96. The standard InChI is InChI=1S/C15H13N3OS/c16-9-10-5-8-20-13(10)18-14(19)15(6-7-15)11-1-3-12(17)4-2-11/h1-5,8H,6-7,17H2,(H,18,19). The highest BCUT2D eigenvalue weighted by Crippen LogP contribution is 2.49. The largest absolute Gasteiger partial charge is 0.399 e. The molecular formula is C15H13N3OS. The first-order valence-electron chi connectivity index (χ1n) is 6.31. The van der Waals surface area contributed by atoms with Gasteiger partial charge in [0.15, 0.2) is 0 Å². The predicted octanol–water partition coefficient (Wildman–Crippen LogP) is 2.87. The molecule has 1 amide bonds. The molecule has 20 heavy (non-hydrogen) atoms. The zero-order valence-corrected chi connectivity index (χ0v) is 11.5. The van der Waals surface area contributed by atoms with Gasteiger partial charge in [0.2, 0.25) is 5.91 Å². The predicted molar refractivity (Wildman–Crippen MR) is 79.4 cm³/mol. The van der Waals surface area contributed by atoms with Crippen LogP contribution in [0, 0.1) is 11.3 Å². The molecule has 0 atom stereocenters. The second kappa shape index (κ2) is 4.66. The Morgan fingerprint density at radius 3 is 2.60 bits per heavy atom. The molecule has 3 rings (SSSR count). The number of anilines is 2. The number of nitrogens with one attached hydrogen (secondary N) is 1. The van der Waals surface area contributed by atoms with Crippen LogP contribution in [0.25, 0.3) is 0 Å². The molecule has 1 aromatic carbocycles. The number of nitriles is 1. The lowest BCUT2D eigenvalue weighted by atomic mass is 9.95. The van der Waals surface area contributed by atoms with E-state index in [4.69, 9.17) is 11.0 Å². The second-order valence-electron chi connectivity index (χ2n) is 4.93. The van der Waals surface area contributed by atoms with Crippen molar-refractivity contribution in [1.82, 2.24) is 0 Å². The second-order valence-corrected chi connectivity index (χ2v) is 5.85. The van der Waals surface area contributed by atoms with Crippen LogP contribution in [0.2, 0.25) is 0 Å². The zero-order valence-electron chi connectivity index (χ0n) is 10.7. The fourth-order valence-electron chi connectivity index (χ4n) is 2.29. The molecule has 100 valence electrons. The van der Waals surface area contributed by atoms with Crippen LogP contribution in [0.4, 0.5) is 10.7 Å². The molecule has 1 heterocycles. The van der Waals surface area contributed by atoms with E-state index in [2.05, 4.69) is 11.4 Å². The number of amides is 1. The average molecular weight is 283 g/mol. The molecule has 1 aliphatic carbocycles. The fourth-order valence-corrected chi connectivity index (χ4v) is 3.02. The highest BCUT2D eigenvalue weighted by Gasteiger charge is 2.51. The van der Waals surface area contributed by atoms with Gasteiger partial charge >= 0.3 is 0 Å². The summed E-state index contributed by atoms with van der Waals surface area (Å²) < 4.78 is 0. The Morgan fingerprint density at radius 1 is 1.30 bits per heavy atom. The van der Waals surface area contributed by atoms with Crippen molar-refractivity contribution in [1.29, 1.82) is 5.26 Å². The van der Waals surface area contributed by atoms with E-state index in [9.17, 15) is 4.79 Å². The minimum Gasteiger partial charge on any atom is -0.399 e. The third-order valence-electron chi connectivity index (χ3n) is 3.66. The molecule has 2 aromatic rings. The van der Waals surface area contributed by atoms with Crippen LogP contribution in [0.5, 0.6) is 0 Å². The molecule has 4 nitrogen and oxygen atoms in total. The third-order valence-corrected chi connectivity index (χ3v) is 4.49. The van der Waals surface area contributed by atoms with Gasteiger partial charge in [-0.2, -0.15) is 5.26 Å². The Bertz CT molecular complexity index is 693. The molecule has 3 N–H and O–H groups in total. The number of benzene rings is 1. The van der Waals surface area contributed by atoms with Crippen LogP contribution in [0.3, 0.4) is 0 Å². The smallest absolute Gasteiger partial charge is 0.235 e. The van der Waals surface area contributed by atoms with Gasteiger partial charge in [-0.3, -0.25) is 4.79 Å². The van der Waals surface area contributed by atoms with Gasteiger partial charge in [0.05, 0.1) is 11.0 Å². The number of carbonyl (C=O) groups is 1. The number of nitrogens with two attached hydrogens (primary N) is 1. The number of hydrogen-bond acceptors (Lipinski definition) is 4. The van der Waals surface area contributed by atoms with Gasteiger partial charge in [-0.1, -0.05) is 12.1 Å².